The Balaban J connectivity index is 0.000000261. The molecule has 6 atom stereocenters. The third-order valence-corrected chi connectivity index (χ3v) is 25.8. The van der Waals surface area contributed by atoms with Crippen LogP contribution in [0.4, 0.5) is 46.0 Å². The standard InChI is InChI=1S/C52H57N7O6S2.C50H49F4N7O6S2/c1-34-29-43(47(61)54-31-37-16-18-38(19-17-37)45-36(3)55-33-67-45)57(32-34)48(62)46(51(4,5)6)56-44(60)15-14-27-64-26-12-10-11-13-28-65-41-23-20-39(21-24-41)59-50(66)58(49(63)52(59,7)8)40-22-25-42(53-9)35(2)30-40;1-30-22-39(44(63)56-26-32-12-14-33(15-13-32)42-31(2)57-29-69-42)59(27-30)45(64)43(48(3,4)5)58-41(62)28-66-20-10-8-9-11-21-67-40-19-18-36(24-38(40)51)61-47(68)60(46(65)49(61,6)7)35-17-16-34(25-55)37(23-35)50(52,53)54/h16-25,30,33-34,43,46H,14-15,26-29,31-32H2,1-8H3,(H,54,61)(H,56,60);12-19,23-24,29-30,39,43H,20-22,26-28H2,1-7H3,(H,56,63)(H,58,62)/t34-,43+,46-;30-,39+,43-/m11/s1. The maximum atomic E-state index is 15.3. The lowest BCUT2D eigenvalue weighted by Gasteiger charge is -2.35. The van der Waals surface area contributed by atoms with Gasteiger partial charge in [-0.3, -0.25) is 48.2 Å². The van der Waals surface area contributed by atoms with Crippen molar-refractivity contribution in [1.82, 2.24) is 41.0 Å². The van der Waals surface area contributed by atoms with Gasteiger partial charge in [-0.05, 0) is 245 Å². The molecular formula is C102H106F4N14O12S4. The molecule has 6 heterocycles. The highest BCUT2D eigenvalue weighted by Crippen LogP contribution is 2.43. The van der Waals surface area contributed by atoms with Crippen LogP contribution in [-0.2, 0) is 67.1 Å². The number of carbonyl (C=O) groups excluding carboxylic acids is 8. The van der Waals surface area contributed by atoms with E-state index >= 15 is 4.39 Å². The van der Waals surface area contributed by atoms with E-state index in [1.807, 2.05) is 161 Å². The molecule has 6 aromatic carbocycles. The van der Waals surface area contributed by atoms with Crippen molar-refractivity contribution in [3.8, 4) is 85.8 Å². The summed E-state index contributed by atoms with van der Waals surface area (Å²) in [7, 11) is 0. The van der Waals surface area contributed by atoms with Gasteiger partial charge in [0.1, 0.15) is 74.0 Å². The summed E-state index contributed by atoms with van der Waals surface area (Å²) >= 11 is 14.5. The molecule has 12 rings (SSSR count). The summed E-state index contributed by atoms with van der Waals surface area (Å²) in [6.45, 7) is 36.1. The fourth-order valence-electron chi connectivity index (χ4n) is 15.9. The number of nitrogens with zero attached hydrogens (tertiary/aromatic N) is 10. The minimum atomic E-state index is -4.87. The second-order valence-electron chi connectivity index (χ2n) is 36.4. The highest BCUT2D eigenvalue weighted by atomic mass is 32.1. The van der Waals surface area contributed by atoms with Crippen molar-refractivity contribution >= 4 is 133 Å². The average molecular weight is 1920 g/mol. The number of ether oxygens (including phenoxy) is 4. The first-order chi connectivity index (χ1) is 64.4. The minimum absolute atomic E-state index is 0.0672. The van der Waals surface area contributed by atoms with Gasteiger partial charge in [-0.25, -0.2) is 19.2 Å². The van der Waals surface area contributed by atoms with Crippen LogP contribution in [0.1, 0.15) is 148 Å². The lowest BCUT2D eigenvalue weighted by Crippen LogP contribution is -2.58. The zero-order valence-electron chi connectivity index (χ0n) is 78.2. The summed E-state index contributed by atoms with van der Waals surface area (Å²) in [6, 6.07) is 33.4. The first-order valence-corrected chi connectivity index (χ1v) is 46.4. The largest absolute Gasteiger partial charge is 0.481 e. The fraction of sp³-hybridized carbons (Fsp3) is 0.392. The van der Waals surface area contributed by atoms with Crippen LogP contribution in [-0.4, -0.2) is 165 Å². The summed E-state index contributed by atoms with van der Waals surface area (Å²) in [5, 5.41) is 21.1. The zero-order chi connectivity index (χ0) is 98.9. The number of carbonyl (C=O) groups is 8. The molecule has 26 nitrogen and oxygen atoms in total. The van der Waals surface area contributed by atoms with Gasteiger partial charge in [0.15, 0.2) is 27.5 Å². The molecular weight excluding hydrogens is 1820 g/mol. The third kappa shape index (κ3) is 25.2. The summed E-state index contributed by atoms with van der Waals surface area (Å²) < 4.78 is 78.7. The van der Waals surface area contributed by atoms with E-state index in [1.54, 1.807) is 68.3 Å². The number of likely N-dealkylation sites (tertiary alicyclic amines) is 2. The van der Waals surface area contributed by atoms with Gasteiger partial charge in [0.2, 0.25) is 35.4 Å². The summed E-state index contributed by atoms with van der Waals surface area (Å²) in [5.74, 6) is 18.6. The van der Waals surface area contributed by atoms with E-state index in [2.05, 4.69) is 83.4 Å². The number of thiazole rings is 2. The molecule has 4 N–H and O–H groups in total. The molecule has 0 radical (unpaired) electrons. The predicted molar refractivity (Wildman–Crippen MR) is 522 cm³/mol. The van der Waals surface area contributed by atoms with Crippen molar-refractivity contribution in [2.24, 2.45) is 22.7 Å². The van der Waals surface area contributed by atoms with E-state index in [9.17, 15) is 56.8 Å². The van der Waals surface area contributed by atoms with Crippen LogP contribution in [0.5, 0.6) is 11.5 Å². The van der Waals surface area contributed by atoms with Crippen LogP contribution in [0.15, 0.2) is 138 Å². The van der Waals surface area contributed by atoms with Gasteiger partial charge in [-0.2, -0.15) is 18.4 Å². The Morgan fingerprint density at radius 2 is 1.04 bits per heavy atom. The molecule has 8 aromatic rings. The number of thiocarbonyl (C=S) groups is 2. The molecule has 0 aliphatic carbocycles. The lowest BCUT2D eigenvalue weighted by atomic mass is 9.85. The van der Waals surface area contributed by atoms with Gasteiger partial charge in [0.05, 0.1) is 61.6 Å². The quantitative estimate of drug-likeness (QED) is 0.0116. The van der Waals surface area contributed by atoms with Crippen LogP contribution < -0.4 is 50.3 Å². The third-order valence-electron chi connectivity index (χ3n) is 23.1. The number of benzene rings is 6. The van der Waals surface area contributed by atoms with Crippen molar-refractivity contribution in [3.63, 3.8) is 0 Å². The monoisotopic (exact) mass is 1920 g/mol. The molecule has 4 fully saturated rings. The zero-order valence-corrected chi connectivity index (χ0v) is 81.4. The normalized spacial score (nSPS) is 17.0. The first kappa shape index (κ1) is 103. The van der Waals surface area contributed by atoms with E-state index in [1.165, 1.54) is 47.9 Å². The van der Waals surface area contributed by atoms with E-state index < -0.39 is 87.6 Å². The molecule has 4 aliphatic rings. The van der Waals surface area contributed by atoms with Crippen LogP contribution in [0.2, 0.25) is 0 Å². The number of hydrogen-bond donors (Lipinski definition) is 4. The second kappa shape index (κ2) is 44.8. The fourth-order valence-corrected chi connectivity index (χ4v) is 18.6. The van der Waals surface area contributed by atoms with Crippen LogP contribution in [0.25, 0.3) is 25.7 Å². The Kier molecular flexibility index (Phi) is 34.0. The molecule has 708 valence electrons. The van der Waals surface area contributed by atoms with Crippen LogP contribution >= 0.6 is 47.1 Å². The lowest BCUT2D eigenvalue weighted by molar-refractivity contribution is -0.144. The molecule has 8 amide bonds. The second-order valence-corrected chi connectivity index (χ2v) is 38.8. The average Bonchev–Trinajstić information content (AvgIpc) is 1.59. The molecule has 2 aromatic heterocycles. The minimum Gasteiger partial charge on any atom is -0.481 e. The number of amides is 8. The maximum Gasteiger partial charge on any atom is 0.417 e. The molecule has 0 spiro atoms. The van der Waals surface area contributed by atoms with E-state index in [0.717, 1.165) is 71.7 Å². The van der Waals surface area contributed by atoms with Gasteiger partial charge >= 0.3 is 6.18 Å². The molecule has 0 unspecified atom stereocenters. The van der Waals surface area contributed by atoms with Gasteiger partial charge in [0, 0.05) is 62.3 Å². The number of alkyl halides is 3. The molecule has 4 aliphatic heterocycles. The maximum absolute atomic E-state index is 15.3. The Labute approximate surface area is 808 Å². The van der Waals surface area contributed by atoms with Crippen LogP contribution in [0, 0.1) is 115 Å². The van der Waals surface area contributed by atoms with Crippen molar-refractivity contribution < 1.29 is 74.9 Å². The molecule has 0 bridgehead atoms. The SMILES string of the molecule is Cc1ncsc1-c1ccc(CNC(=O)[C@@H]2C[C@@H](C)CN2C(=O)[C@@H](NC(=O)COCC#CC#CCOc2ccc(N3C(=S)N(c4ccc(C#N)c(C(F)(F)F)c4)C(=O)C3(C)C)cc2F)C(C)(C)C)cc1.[C-]#[N+]c1ccc(N2C(=O)C(C)(C)N(c3ccc(OCC#CC#CCOCCCC(=O)N[C@H](C(=O)N4C[C@H](C)C[C@H]4C(=O)NCc4ccc(-c5scnc5C)cc4)C(C)(C)C)cc3)C2=S)cc1C. The van der Waals surface area contributed by atoms with Gasteiger partial charge < -0.3 is 59.8 Å². The topological polar surface area (TPSA) is 295 Å². The van der Waals surface area contributed by atoms with Crippen LogP contribution in [0.3, 0.4) is 0 Å². The number of aryl methyl sites for hydroxylation is 3. The van der Waals surface area contributed by atoms with Crippen molar-refractivity contribution in [2.75, 3.05) is 72.3 Å². The number of rotatable bonds is 28. The van der Waals surface area contributed by atoms with Gasteiger partial charge in [-0.15, -0.1) is 22.7 Å². The predicted octanol–water partition coefficient (Wildman–Crippen LogP) is 15.7. The Morgan fingerprint density at radius 1 is 0.588 bits per heavy atom. The smallest absolute Gasteiger partial charge is 0.417 e. The number of nitriles is 1. The number of hydrogen-bond acceptors (Lipinski definition) is 19. The highest BCUT2D eigenvalue weighted by Gasteiger charge is 2.53. The van der Waals surface area contributed by atoms with E-state index in [4.69, 9.17) is 50.0 Å². The Bertz CT molecular complexity index is 6220. The number of aromatic nitrogens is 2. The Hall–Kier alpha value is -13.4. The summed E-state index contributed by atoms with van der Waals surface area (Å²) in [5.41, 5.74) is 6.63. The van der Waals surface area contributed by atoms with Crippen molar-refractivity contribution in [3.05, 3.63) is 195 Å². The van der Waals surface area contributed by atoms with Crippen molar-refractivity contribution in [1.29, 1.82) is 5.26 Å². The van der Waals surface area contributed by atoms with Crippen molar-refractivity contribution in [2.45, 2.75) is 184 Å². The summed E-state index contributed by atoms with van der Waals surface area (Å²) in [4.78, 5) is 131. The Morgan fingerprint density at radius 3 is 1.49 bits per heavy atom. The number of nitrogens with one attached hydrogen (secondary N) is 4. The number of anilines is 4. The summed E-state index contributed by atoms with van der Waals surface area (Å²) in [6.07, 6.45) is -3.25. The van der Waals surface area contributed by atoms with E-state index in [-0.39, 0.29) is 109 Å². The first-order valence-electron chi connectivity index (χ1n) is 43.9. The van der Waals surface area contributed by atoms with Gasteiger partial charge in [0.25, 0.3) is 11.8 Å². The molecule has 34 heteroatoms. The molecule has 4 saturated heterocycles. The molecule has 136 heavy (non-hydrogen) atoms. The van der Waals surface area contributed by atoms with E-state index in [0.29, 0.717) is 73.8 Å². The van der Waals surface area contributed by atoms with Gasteiger partial charge in [-0.1, -0.05) is 122 Å². The highest BCUT2D eigenvalue weighted by molar-refractivity contribution is 7.81. The number of halogens is 4. The molecule has 0 saturated carbocycles.